The van der Waals surface area contributed by atoms with Gasteiger partial charge in [-0.1, -0.05) is 75.2 Å². The normalized spacial score (nSPS) is 20.6. The molecule has 1 aliphatic rings. The summed E-state index contributed by atoms with van der Waals surface area (Å²) in [6.07, 6.45) is 6.25. The smallest absolute Gasteiger partial charge is 0.106 e. The quantitative estimate of drug-likeness (QED) is 0.621. The molecule has 0 unspecified atom stereocenters. The van der Waals surface area contributed by atoms with E-state index in [9.17, 15) is 0 Å². The molecule has 2 aromatic rings. The molecular weight excluding hydrogens is 308 g/mol. The molecule has 3 rings (SSSR count). The molecule has 0 bridgehead atoms. The Labute approximate surface area is 152 Å². The summed E-state index contributed by atoms with van der Waals surface area (Å²) in [5.74, 6) is 0. The molecule has 2 nitrogen and oxygen atoms in total. The van der Waals surface area contributed by atoms with Crippen LogP contribution in [-0.2, 0) is 15.9 Å². The summed E-state index contributed by atoms with van der Waals surface area (Å²) in [7, 11) is 0. The van der Waals surface area contributed by atoms with E-state index < -0.39 is 0 Å². The van der Waals surface area contributed by atoms with Gasteiger partial charge in [0.05, 0.1) is 19.3 Å². The number of benzene rings is 2. The molecule has 2 heteroatoms. The first-order valence-electron chi connectivity index (χ1n) is 9.72. The Morgan fingerprint density at radius 3 is 2.04 bits per heavy atom. The van der Waals surface area contributed by atoms with Crippen LogP contribution in [0.15, 0.2) is 48.5 Å². The van der Waals surface area contributed by atoms with Crippen LogP contribution in [0.5, 0.6) is 0 Å². The van der Waals surface area contributed by atoms with E-state index in [0.29, 0.717) is 13.2 Å². The largest absolute Gasteiger partial charge is 0.373 e. The molecule has 2 aromatic carbocycles. The highest BCUT2D eigenvalue weighted by Crippen LogP contribution is 2.27. The maximum Gasteiger partial charge on any atom is 0.106 e. The molecule has 134 valence electrons. The van der Waals surface area contributed by atoms with Gasteiger partial charge in [0, 0.05) is 0 Å². The lowest BCUT2D eigenvalue weighted by Gasteiger charge is -2.29. The van der Waals surface area contributed by atoms with E-state index in [0.717, 1.165) is 12.8 Å². The lowest BCUT2D eigenvalue weighted by Crippen LogP contribution is -2.30. The van der Waals surface area contributed by atoms with Crippen LogP contribution in [-0.4, -0.2) is 19.3 Å². The number of hydrogen-bond acceptors (Lipinski definition) is 2. The minimum atomic E-state index is 0.0681. The molecule has 1 saturated heterocycles. The van der Waals surface area contributed by atoms with Crippen molar-refractivity contribution in [1.29, 1.82) is 0 Å². The van der Waals surface area contributed by atoms with E-state index in [1.807, 2.05) is 0 Å². The average molecular weight is 338 g/mol. The van der Waals surface area contributed by atoms with Crippen molar-refractivity contribution in [3.63, 3.8) is 0 Å². The van der Waals surface area contributed by atoms with Crippen molar-refractivity contribution in [1.82, 2.24) is 0 Å². The summed E-state index contributed by atoms with van der Waals surface area (Å²) < 4.78 is 11.9. The molecule has 0 amide bonds. The third kappa shape index (κ3) is 4.93. The first kappa shape index (κ1) is 18.2. The number of rotatable bonds is 7. The van der Waals surface area contributed by atoms with Crippen molar-refractivity contribution in [3.8, 4) is 11.1 Å². The van der Waals surface area contributed by atoms with Crippen molar-refractivity contribution in [3.05, 3.63) is 59.7 Å². The monoisotopic (exact) mass is 338 g/mol. The minimum absolute atomic E-state index is 0.0681. The zero-order valence-corrected chi connectivity index (χ0v) is 15.5. The fraction of sp³-hybridized carbons (Fsp3) is 0.478. The van der Waals surface area contributed by atoms with Crippen LogP contribution in [0.25, 0.3) is 11.1 Å². The predicted molar refractivity (Wildman–Crippen MR) is 104 cm³/mol. The Balaban J connectivity index is 1.60. The van der Waals surface area contributed by atoms with E-state index in [1.54, 1.807) is 0 Å². The van der Waals surface area contributed by atoms with E-state index >= 15 is 0 Å². The summed E-state index contributed by atoms with van der Waals surface area (Å²) in [4.78, 5) is 0. The van der Waals surface area contributed by atoms with E-state index in [1.165, 1.54) is 41.5 Å². The van der Waals surface area contributed by atoms with Gasteiger partial charge in [-0.2, -0.15) is 0 Å². The third-order valence-electron chi connectivity index (χ3n) is 4.97. The van der Waals surface area contributed by atoms with Crippen LogP contribution in [0.3, 0.4) is 0 Å². The van der Waals surface area contributed by atoms with Gasteiger partial charge in [-0.3, -0.25) is 0 Å². The Hall–Kier alpha value is -1.64. The summed E-state index contributed by atoms with van der Waals surface area (Å²) in [6, 6.07) is 17.7. The van der Waals surface area contributed by atoms with E-state index in [-0.39, 0.29) is 12.2 Å². The topological polar surface area (TPSA) is 18.5 Å². The fourth-order valence-electron chi connectivity index (χ4n) is 3.36. The van der Waals surface area contributed by atoms with Gasteiger partial charge in [0.2, 0.25) is 0 Å². The summed E-state index contributed by atoms with van der Waals surface area (Å²) in [6.45, 7) is 5.79. The first-order valence-corrected chi connectivity index (χ1v) is 9.72. The molecule has 25 heavy (non-hydrogen) atoms. The Morgan fingerprint density at radius 2 is 1.48 bits per heavy atom. The number of unbranched alkanes of at least 4 members (excludes halogenated alkanes) is 1. The van der Waals surface area contributed by atoms with Gasteiger partial charge in [0.25, 0.3) is 0 Å². The SMILES string of the molecule is CCCCc1ccc(-c2ccc([C@@H]3CO[C@@H](CCC)CO3)cc2)cc1. The zero-order valence-electron chi connectivity index (χ0n) is 15.5. The fourth-order valence-corrected chi connectivity index (χ4v) is 3.36. The van der Waals surface area contributed by atoms with Crippen molar-refractivity contribution in [2.75, 3.05) is 13.2 Å². The standard InChI is InChI=1S/C23H30O2/c1-3-5-7-18-8-10-19(11-9-18)20-12-14-21(15-13-20)23-17-24-22(6-4-2)16-25-23/h8-15,22-23H,3-7,16-17H2,1-2H3/t22-,23-/m0/s1. The van der Waals surface area contributed by atoms with Crippen molar-refractivity contribution in [2.24, 2.45) is 0 Å². The van der Waals surface area contributed by atoms with Crippen molar-refractivity contribution >= 4 is 0 Å². The summed E-state index contributed by atoms with van der Waals surface area (Å²) in [5.41, 5.74) is 5.16. The Kier molecular flexibility index (Phi) is 6.66. The van der Waals surface area contributed by atoms with Crippen LogP contribution in [0.2, 0.25) is 0 Å². The van der Waals surface area contributed by atoms with Crippen LogP contribution in [0, 0.1) is 0 Å². The Bertz CT molecular complexity index is 622. The second kappa shape index (κ2) is 9.17. The average Bonchev–Trinajstić information content (AvgIpc) is 2.68. The number of aryl methyl sites for hydroxylation is 1. The highest BCUT2D eigenvalue weighted by atomic mass is 16.6. The molecule has 0 aliphatic carbocycles. The third-order valence-corrected chi connectivity index (χ3v) is 4.97. The predicted octanol–water partition coefficient (Wildman–Crippen LogP) is 5.95. The van der Waals surface area contributed by atoms with Crippen LogP contribution in [0.1, 0.15) is 56.8 Å². The minimum Gasteiger partial charge on any atom is -0.373 e. The van der Waals surface area contributed by atoms with E-state index in [2.05, 4.69) is 62.4 Å². The molecule has 2 atom stereocenters. The highest BCUT2D eigenvalue weighted by molar-refractivity contribution is 5.64. The Morgan fingerprint density at radius 1 is 0.800 bits per heavy atom. The second-order valence-corrected chi connectivity index (χ2v) is 6.99. The van der Waals surface area contributed by atoms with Crippen molar-refractivity contribution < 1.29 is 9.47 Å². The van der Waals surface area contributed by atoms with Crippen LogP contribution >= 0.6 is 0 Å². The van der Waals surface area contributed by atoms with E-state index in [4.69, 9.17) is 9.47 Å². The van der Waals surface area contributed by atoms with Gasteiger partial charge in [-0.25, -0.2) is 0 Å². The van der Waals surface area contributed by atoms with Crippen LogP contribution < -0.4 is 0 Å². The maximum absolute atomic E-state index is 6.00. The first-order chi connectivity index (χ1) is 12.3. The van der Waals surface area contributed by atoms with Gasteiger partial charge in [-0.05, 0) is 41.5 Å². The molecule has 1 aliphatic heterocycles. The molecule has 0 saturated carbocycles. The molecule has 1 heterocycles. The molecule has 0 spiro atoms. The van der Waals surface area contributed by atoms with Crippen molar-refractivity contribution in [2.45, 2.75) is 58.2 Å². The van der Waals surface area contributed by atoms with Gasteiger partial charge in [0.1, 0.15) is 6.10 Å². The molecule has 1 fully saturated rings. The highest BCUT2D eigenvalue weighted by Gasteiger charge is 2.22. The lowest BCUT2D eigenvalue weighted by molar-refractivity contribution is -0.137. The molecular formula is C23H30O2. The second-order valence-electron chi connectivity index (χ2n) is 6.99. The molecule has 0 N–H and O–H groups in total. The maximum atomic E-state index is 6.00. The van der Waals surface area contributed by atoms with Crippen LogP contribution in [0.4, 0.5) is 0 Å². The summed E-state index contributed by atoms with van der Waals surface area (Å²) >= 11 is 0. The van der Waals surface area contributed by atoms with Gasteiger partial charge < -0.3 is 9.47 Å². The van der Waals surface area contributed by atoms with Gasteiger partial charge in [-0.15, -0.1) is 0 Å². The van der Waals surface area contributed by atoms with Gasteiger partial charge in [0.15, 0.2) is 0 Å². The molecule has 0 aromatic heterocycles. The lowest BCUT2D eigenvalue weighted by atomic mass is 9.99. The van der Waals surface area contributed by atoms with Gasteiger partial charge >= 0.3 is 0 Å². The number of ether oxygens (including phenoxy) is 2. The zero-order chi connectivity index (χ0) is 17.5. The summed E-state index contributed by atoms with van der Waals surface area (Å²) in [5, 5.41) is 0. The number of hydrogen-bond donors (Lipinski definition) is 0. The molecule has 0 radical (unpaired) electrons.